The maximum absolute atomic E-state index is 13.1. The number of nitrogens with zero attached hydrogens (tertiary/aromatic N) is 1. The highest BCUT2D eigenvalue weighted by atomic mass is 16.5. The molecule has 4 rings (SSSR count). The van der Waals surface area contributed by atoms with Gasteiger partial charge in [-0.15, -0.1) is 0 Å². The van der Waals surface area contributed by atoms with Crippen LogP contribution in [0.25, 0.3) is 0 Å². The molecule has 2 aromatic carbocycles. The van der Waals surface area contributed by atoms with E-state index in [1.54, 1.807) is 25.1 Å². The Morgan fingerprint density at radius 1 is 1.10 bits per heavy atom. The number of hydrogen-bond donors (Lipinski definition) is 1. The van der Waals surface area contributed by atoms with E-state index >= 15 is 0 Å². The number of benzene rings is 2. The van der Waals surface area contributed by atoms with Gasteiger partial charge in [-0.25, -0.2) is 4.79 Å². The number of amides is 3. The van der Waals surface area contributed by atoms with Crippen LogP contribution in [0.5, 0.6) is 17.2 Å². The van der Waals surface area contributed by atoms with Gasteiger partial charge in [0, 0.05) is 6.42 Å². The van der Waals surface area contributed by atoms with Crippen LogP contribution in [0.15, 0.2) is 42.5 Å². The van der Waals surface area contributed by atoms with E-state index in [2.05, 4.69) is 5.32 Å². The molecule has 0 unspecified atom stereocenters. The van der Waals surface area contributed by atoms with Gasteiger partial charge >= 0.3 is 6.03 Å². The molecule has 0 aliphatic carbocycles. The molecule has 1 atom stereocenters. The number of urea groups is 1. The molecule has 2 aliphatic heterocycles. The fourth-order valence-electron chi connectivity index (χ4n) is 3.53. The van der Waals surface area contributed by atoms with Crippen molar-refractivity contribution in [3.8, 4) is 17.2 Å². The summed E-state index contributed by atoms with van der Waals surface area (Å²) in [6, 6.07) is 12.5. The number of carbonyl (C=O) groups excluding carboxylic acids is 2. The predicted octanol–water partition coefficient (Wildman–Crippen LogP) is 3.00. The van der Waals surface area contributed by atoms with Gasteiger partial charge in [0.15, 0.2) is 11.5 Å². The van der Waals surface area contributed by atoms with E-state index in [-0.39, 0.29) is 19.1 Å². The van der Waals surface area contributed by atoms with Crippen molar-refractivity contribution in [3.05, 3.63) is 53.6 Å². The van der Waals surface area contributed by atoms with Crippen LogP contribution in [-0.4, -0.2) is 43.2 Å². The van der Waals surface area contributed by atoms with Crippen molar-refractivity contribution in [1.29, 1.82) is 0 Å². The van der Waals surface area contributed by atoms with E-state index < -0.39 is 11.6 Å². The molecule has 2 aliphatic rings. The number of carbonyl (C=O) groups is 2. The molecule has 152 valence electrons. The zero-order chi connectivity index (χ0) is 20.4. The van der Waals surface area contributed by atoms with Crippen molar-refractivity contribution in [2.24, 2.45) is 0 Å². The predicted molar refractivity (Wildman–Crippen MR) is 106 cm³/mol. The number of imide groups is 1. The van der Waals surface area contributed by atoms with Crippen LogP contribution in [0.3, 0.4) is 0 Å². The smallest absolute Gasteiger partial charge is 0.325 e. The van der Waals surface area contributed by atoms with Crippen LogP contribution >= 0.6 is 0 Å². The van der Waals surface area contributed by atoms with E-state index in [0.717, 1.165) is 12.0 Å². The van der Waals surface area contributed by atoms with Crippen LogP contribution in [0.2, 0.25) is 0 Å². The Bertz CT molecular complexity index is 945. The van der Waals surface area contributed by atoms with Gasteiger partial charge in [-0.05, 0) is 49.2 Å². The zero-order valence-electron chi connectivity index (χ0n) is 16.6. The number of fused-ring (bicyclic) bond motifs is 1. The maximum Gasteiger partial charge on any atom is 0.325 e. The monoisotopic (exact) mass is 396 g/mol. The molecular weight excluding hydrogens is 372 g/mol. The molecule has 0 bridgehead atoms. The Balaban J connectivity index is 1.47. The third-order valence-electron chi connectivity index (χ3n) is 5.17. The topological polar surface area (TPSA) is 77.1 Å². The van der Waals surface area contributed by atoms with E-state index in [4.69, 9.17) is 14.2 Å². The average molecular weight is 396 g/mol. The van der Waals surface area contributed by atoms with Crippen molar-refractivity contribution < 1.29 is 23.8 Å². The average Bonchev–Trinajstić information content (AvgIpc) is 2.86. The standard InChI is InChI=1S/C22H24N2O5/c1-15-5-3-6-17(13-15)27-12-9-24-20(25)22(2,23-21(24)26)16-7-8-18-19(14-16)29-11-4-10-28-18/h3,5-8,13-14H,4,9-12H2,1-2H3,(H,23,26)/t22-/m1/s1. The quantitative estimate of drug-likeness (QED) is 0.787. The Morgan fingerprint density at radius 3 is 2.69 bits per heavy atom. The normalized spacial score (nSPS) is 21.0. The summed E-state index contributed by atoms with van der Waals surface area (Å²) >= 11 is 0. The molecule has 1 saturated heterocycles. The minimum absolute atomic E-state index is 0.165. The maximum atomic E-state index is 13.1. The Kier molecular flexibility index (Phi) is 5.05. The van der Waals surface area contributed by atoms with E-state index in [1.807, 2.05) is 31.2 Å². The molecule has 0 radical (unpaired) electrons. The number of rotatable bonds is 5. The van der Waals surface area contributed by atoms with Crippen molar-refractivity contribution in [3.63, 3.8) is 0 Å². The summed E-state index contributed by atoms with van der Waals surface area (Å²) in [5.74, 6) is 1.63. The van der Waals surface area contributed by atoms with Crippen molar-refractivity contribution >= 4 is 11.9 Å². The van der Waals surface area contributed by atoms with Crippen molar-refractivity contribution in [2.45, 2.75) is 25.8 Å². The van der Waals surface area contributed by atoms with Crippen molar-refractivity contribution in [1.82, 2.24) is 10.2 Å². The van der Waals surface area contributed by atoms with E-state index in [9.17, 15) is 9.59 Å². The van der Waals surface area contributed by atoms with Crippen LogP contribution < -0.4 is 19.5 Å². The van der Waals surface area contributed by atoms with Gasteiger partial charge in [0.05, 0.1) is 19.8 Å². The first-order chi connectivity index (χ1) is 14.0. The summed E-state index contributed by atoms with van der Waals surface area (Å²) in [4.78, 5) is 26.8. The number of aryl methyl sites for hydroxylation is 1. The first-order valence-electron chi connectivity index (χ1n) is 9.71. The molecule has 2 heterocycles. The van der Waals surface area contributed by atoms with Gasteiger partial charge in [-0.1, -0.05) is 18.2 Å². The first-order valence-corrected chi connectivity index (χ1v) is 9.71. The number of nitrogens with one attached hydrogen (secondary N) is 1. The lowest BCUT2D eigenvalue weighted by Gasteiger charge is -2.23. The van der Waals surface area contributed by atoms with Gasteiger partial charge in [0.2, 0.25) is 0 Å². The Hall–Kier alpha value is -3.22. The third kappa shape index (κ3) is 3.72. The van der Waals surface area contributed by atoms with E-state index in [1.165, 1.54) is 4.90 Å². The summed E-state index contributed by atoms with van der Waals surface area (Å²) < 4.78 is 17.1. The number of ether oxygens (including phenoxy) is 3. The van der Waals surface area contributed by atoms with Crippen molar-refractivity contribution in [2.75, 3.05) is 26.4 Å². The minimum atomic E-state index is -1.16. The minimum Gasteiger partial charge on any atom is -0.492 e. The second-order valence-electron chi connectivity index (χ2n) is 7.39. The van der Waals surface area contributed by atoms with Crippen LogP contribution in [-0.2, 0) is 10.3 Å². The molecule has 29 heavy (non-hydrogen) atoms. The lowest BCUT2D eigenvalue weighted by atomic mass is 9.91. The molecule has 0 aromatic heterocycles. The molecule has 1 N–H and O–H groups in total. The highest BCUT2D eigenvalue weighted by Crippen LogP contribution is 2.36. The van der Waals surface area contributed by atoms with Gasteiger partial charge in [-0.2, -0.15) is 0 Å². The lowest BCUT2D eigenvalue weighted by molar-refractivity contribution is -0.131. The molecular formula is C22H24N2O5. The number of hydrogen-bond acceptors (Lipinski definition) is 5. The molecule has 3 amide bonds. The molecule has 1 fully saturated rings. The van der Waals surface area contributed by atoms with E-state index in [0.29, 0.717) is 36.0 Å². The van der Waals surface area contributed by atoms with Crippen LogP contribution in [0.4, 0.5) is 4.79 Å². The lowest BCUT2D eigenvalue weighted by Crippen LogP contribution is -2.41. The first kappa shape index (κ1) is 19.1. The van der Waals surface area contributed by atoms with Gasteiger partial charge < -0.3 is 19.5 Å². The highest BCUT2D eigenvalue weighted by molar-refractivity contribution is 6.07. The fourth-order valence-corrected chi connectivity index (χ4v) is 3.53. The summed E-state index contributed by atoms with van der Waals surface area (Å²) in [6.45, 7) is 5.21. The zero-order valence-corrected chi connectivity index (χ0v) is 16.6. The summed E-state index contributed by atoms with van der Waals surface area (Å²) in [7, 11) is 0. The van der Waals surface area contributed by atoms with Gasteiger partial charge in [0.1, 0.15) is 17.9 Å². The molecule has 0 saturated carbocycles. The molecule has 7 heteroatoms. The summed E-state index contributed by atoms with van der Waals surface area (Å²) in [5.41, 5.74) is 0.576. The Morgan fingerprint density at radius 2 is 1.90 bits per heavy atom. The van der Waals surface area contributed by atoms with Crippen LogP contribution in [0, 0.1) is 6.92 Å². The molecule has 0 spiro atoms. The second-order valence-corrected chi connectivity index (χ2v) is 7.39. The third-order valence-corrected chi connectivity index (χ3v) is 5.17. The SMILES string of the molecule is Cc1cccc(OCCN2C(=O)N[C@](C)(c3ccc4c(c3)OCCCO4)C2=O)c1. The molecule has 2 aromatic rings. The Labute approximate surface area is 169 Å². The fraction of sp³-hybridized carbons (Fsp3) is 0.364. The van der Waals surface area contributed by atoms with Crippen LogP contribution in [0.1, 0.15) is 24.5 Å². The summed E-state index contributed by atoms with van der Waals surface area (Å²) in [6.07, 6.45) is 0.797. The highest BCUT2D eigenvalue weighted by Gasteiger charge is 2.49. The second kappa shape index (κ2) is 7.66. The van der Waals surface area contributed by atoms with Gasteiger partial charge in [0.25, 0.3) is 5.91 Å². The van der Waals surface area contributed by atoms with Gasteiger partial charge in [-0.3, -0.25) is 9.69 Å². The summed E-state index contributed by atoms with van der Waals surface area (Å²) in [5, 5.41) is 2.81. The largest absolute Gasteiger partial charge is 0.492 e. The molecule has 7 nitrogen and oxygen atoms in total.